The van der Waals surface area contributed by atoms with Crippen molar-refractivity contribution in [2.75, 3.05) is 19.9 Å². The summed E-state index contributed by atoms with van der Waals surface area (Å²) in [5.41, 5.74) is 5.98. The summed E-state index contributed by atoms with van der Waals surface area (Å²) in [4.78, 5) is 24.5. The number of alkyl halides is 3. The normalized spacial score (nSPS) is 27.5. The van der Waals surface area contributed by atoms with Gasteiger partial charge in [0.1, 0.15) is 39.4 Å². The lowest BCUT2D eigenvalue weighted by atomic mass is 9.90. The Kier molecular flexibility index (Phi) is 7.23. The van der Waals surface area contributed by atoms with Crippen LogP contribution in [0.2, 0.25) is 0 Å². The van der Waals surface area contributed by atoms with Crippen LogP contribution in [-0.2, 0) is 24.8 Å². The van der Waals surface area contributed by atoms with Crippen molar-refractivity contribution >= 4 is 21.5 Å². The summed E-state index contributed by atoms with van der Waals surface area (Å²) < 4.78 is 86.5. The third-order valence-electron chi connectivity index (χ3n) is 7.60. The van der Waals surface area contributed by atoms with E-state index in [1.165, 1.54) is 51.7 Å². The molecule has 2 unspecified atom stereocenters. The molecule has 4 atom stereocenters. The summed E-state index contributed by atoms with van der Waals surface area (Å²) in [6.07, 6.45) is -3.59. The van der Waals surface area contributed by atoms with Crippen molar-refractivity contribution < 1.29 is 40.6 Å². The van der Waals surface area contributed by atoms with Gasteiger partial charge in [-0.15, -0.1) is 0 Å². The molecule has 1 aliphatic heterocycles. The highest BCUT2D eigenvalue weighted by molar-refractivity contribution is 7.96. The average molecular weight is 611 g/mol. The molecular formula is C26H26F4N6O5S. The van der Waals surface area contributed by atoms with E-state index in [1.807, 2.05) is 0 Å². The van der Waals surface area contributed by atoms with Gasteiger partial charge in [0.2, 0.25) is 5.88 Å². The van der Waals surface area contributed by atoms with E-state index >= 15 is 4.39 Å². The quantitative estimate of drug-likeness (QED) is 0.333. The van der Waals surface area contributed by atoms with Crippen molar-refractivity contribution in [1.29, 1.82) is 0 Å². The van der Waals surface area contributed by atoms with E-state index in [0.29, 0.717) is 22.8 Å². The van der Waals surface area contributed by atoms with Crippen molar-refractivity contribution in [3.8, 4) is 28.6 Å². The van der Waals surface area contributed by atoms with Crippen molar-refractivity contribution in [1.82, 2.24) is 15.1 Å². The van der Waals surface area contributed by atoms with Crippen molar-refractivity contribution in [2.24, 2.45) is 15.1 Å². The summed E-state index contributed by atoms with van der Waals surface area (Å²) in [5.74, 6) is -3.24. The minimum Gasteiger partial charge on any atom is -0.480 e. The van der Waals surface area contributed by atoms with Crippen LogP contribution in [-0.4, -0.2) is 68.1 Å². The Hall–Kier alpha value is -4.08. The van der Waals surface area contributed by atoms with Gasteiger partial charge in [-0.3, -0.25) is 4.99 Å². The Balaban J connectivity index is 1.54. The van der Waals surface area contributed by atoms with Crippen LogP contribution in [0.5, 0.6) is 5.88 Å². The summed E-state index contributed by atoms with van der Waals surface area (Å²) in [7, 11) is -0.849. The number of aliphatic imine (C=N–C) groups is 1. The molecule has 42 heavy (non-hydrogen) atoms. The van der Waals surface area contributed by atoms with E-state index in [0.717, 1.165) is 0 Å². The molecule has 224 valence electrons. The highest BCUT2D eigenvalue weighted by Crippen LogP contribution is 2.48. The molecule has 1 spiro atoms. The second-order valence-corrected chi connectivity index (χ2v) is 12.8. The molecule has 1 aromatic carbocycles. The van der Waals surface area contributed by atoms with Crippen LogP contribution >= 0.6 is 0 Å². The van der Waals surface area contributed by atoms with Gasteiger partial charge in [-0.1, -0.05) is 5.16 Å². The van der Waals surface area contributed by atoms with Gasteiger partial charge in [0, 0.05) is 24.2 Å². The highest BCUT2D eigenvalue weighted by atomic mass is 32.2. The fourth-order valence-electron chi connectivity index (χ4n) is 5.56. The summed E-state index contributed by atoms with van der Waals surface area (Å²) in [6.45, 7) is 1.50. The first-order chi connectivity index (χ1) is 19.8. The van der Waals surface area contributed by atoms with E-state index in [2.05, 4.69) is 24.5 Å². The number of benzene rings is 1. The van der Waals surface area contributed by atoms with Gasteiger partial charge < -0.3 is 19.7 Å². The molecule has 0 amide bonds. The molecule has 1 aliphatic carbocycles. The Morgan fingerprint density at radius 3 is 2.62 bits per heavy atom. The molecule has 1 saturated carbocycles. The number of esters is 1. The molecule has 5 rings (SSSR count). The SMILES string of the molecule is CN=[S@]1(=O)C[C@@](C)(c2cc(-c3cc(-c4cnc(OC)cn4)no3)ccc2F)N=C(N)C12CCCC2OC(=O)C(F)(F)F. The van der Waals surface area contributed by atoms with Gasteiger partial charge in [0.25, 0.3) is 0 Å². The van der Waals surface area contributed by atoms with Crippen molar-refractivity contribution in [3.05, 3.63) is 48.0 Å². The first kappa shape index (κ1) is 29.4. The average Bonchev–Trinajstić information content (AvgIpc) is 3.61. The molecule has 1 fully saturated rings. The number of carbonyl (C=O) groups excluding carboxylic acids is 1. The summed E-state index contributed by atoms with van der Waals surface area (Å²) in [5, 5.41) is 4.00. The van der Waals surface area contributed by atoms with Crippen LogP contribution < -0.4 is 10.5 Å². The number of amidine groups is 1. The molecular weight excluding hydrogens is 584 g/mol. The number of rotatable bonds is 5. The van der Waals surface area contributed by atoms with Crippen LogP contribution in [0.25, 0.3) is 22.7 Å². The zero-order valence-corrected chi connectivity index (χ0v) is 23.5. The number of aromatic nitrogens is 3. The smallest absolute Gasteiger partial charge is 0.480 e. The molecule has 0 bridgehead atoms. The maximum Gasteiger partial charge on any atom is 0.490 e. The van der Waals surface area contributed by atoms with Gasteiger partial charge in [-0.25, -0.2) is 27.7 Å². The second kappa shape index (κ2) is 10.3. The zero-order chi connectivity index (χ0) is 30.5. The summed E-state index contributed by atoms with van der Waals surface area (Å²) >= 11 is 0. The molecule has 2 N–H and O–H groups in total. The van der Waals surface area contributed by atoms with Crippen molar-refractivity contribution in [2.45, 2.75) is 48.8 Å². The fraction of sp³-hybridized carbons (Fsp3) is 0.423. The van der Waals surface area contributed by atoms with E-state index < -0.39 is 44.1 Å². The summed E-state index contributed by atoms with van der Waals surface area (Å²) in [6, 6.07) is 5.65. The molecule has 11 nitrogen and oxygen atoms in total. The molecule has 3 aromatic rings. The second-order valence-electron chi connectivity index (χ2n) is 10.1. The minimum absolute atomic E-state index is 0.00167. The number of nitrogens with two attached hydrogens (primary N) is 1. The van der Waals surface area contributed by atoms with E-state index in [1.54, 1.807) is 6.07 Å². The van der Waals surface area contributed by atoms with Gasteiger partial charge in [-0.05, 0) is 44.4 Å². The lowest BCUT2D eigenvalue weighted by Crippen LogP contribution is -2.63. The highest BCUT2D eigenvalue weighted by Gasteiger charge is 2.62. The van der Waals surface area contributed by atoms with Gasteiger partial charge in [0.15, 0.2) is 5.76 Å². The molecule has 3 heterocycles. The molecule has 0 saturated heterocycles. The van der Waals surface area contributed by atoms with Gasteiger partial charge in [0.05, 0.1) is 35.0 Å². The number of ether oxygens (including phenoxy) is 2. The lowest BCUT2D eigenvalue weighted by molar-refractivity contribution is -0.205. The minimum atomic E-state index is -5.26. The molecule has 2 aliphatic rings. The van der Waals surface area contributed by atoms with Crippen LogP contribution in [0.15, 0.2) is 50.5 Å². The van der Waals surface area contributed by atoms with Crippen LogP contribution in [0.1, 0.15) is 31.7 Å². The number of hydrogen-bond acceptors (Lipinski definition) is 11. The third kappa shape index (κ3) is 4.76. The van der Waals surface area contributed by atoms with Gasteiger partial charge in [-0.2, -0.15) is 13.2 Å². The van der Waals surface area contributed by atoms with E-state index in [9.17, 15) is 22.2 Å². The zero-order valence-electron chi connectivity index (χ0n) is 22.6. The standard InChI is InChI=1S/C26H26F4N6O5S/c1-24(13-42(38,32-2)25(22(31)35-24)8-4-5-20(25)40-23(37)26(28,29)30)15-9-14(6-7-16(15)27)19-10-17(36-41-19)18-11-34-21(39-3)12-33-18/h6-7,9-12,20H,4-5,8,13H2,1-3H3,(H2,31,35)/t20?,24-,25?,42-/m0/s1. The Labute approximate surface area is 237 Å². The number of methoxy groups -OCH3 is 1. The van der Waals surface area contributed by atoms with Crippen molar-refractivity contribution in [3.63, 3.8) is 0 Å². The molecule has 16 heteroatoms. The predicted octanol–water partition coefficient (Wildman–Crippen LogP) is 4.03. The number of carbonyl (C=O) groups is 1. The van der Waals surface area contributed by atoms with Crippen LogP contribution in [0.3, 0.4) is 0 Å². The maximum absolute atomic E-state index is 15.4. The van der Waals surface area contributed by atoms with Gasteiger partial charge >= 0.3 is 12.1 Å². The monoisotopic (exact) mass is 610 g/mol. The first-order valence-electron chi connectivity index (χ1n) is 12.7. The van der Waals surface area contributed by atoms with Crippen LogP contribution in [0, 0.1) is 5.82 Å². The predicted molar refractivity (Wildman–Crippen MR) is 142 cm³/mol. The molecule has 2 aromatic heterocycles. The van der Waals surface area contributed by atoms with E-state index in [-0.39, 0.29) is 42.2 Å². The lowest BCUT2D eigenvalue weighted by Gasteiger charge is -2.44. The maximum atomic E-state index is 15.4. The Morgan fingerprint density at radius 2 is 1.98 bits per heavy atom. The van der Waals surface area contributed by atoms with E-state index in [4.69, 9.17) is 19.7 Å². The fourth-order valence-corrected chi connectivity index (χ4v) is 8.67. The number of hydrogen-bond donors (Lipinski definition) is 1. The number of nitrogens with zero attached hydrogens (tertiary/aromatic N) is 5. The number of halogens is 4. The Morgan fingerprint density at radius 1 is 1.21 bits per heavy atom. The third-order valence-corrected chi connectivity index (χ3v) is 11.0. The Bertz CT molecular complexity index is 1680. The van der Waals surface area contributed by atoms with Crippen LogP contribution in [0.4, 0.5) is 17.6 Å². The molecule has 0 radical (unpaired) electrons. The largest absolute Gasteiger partial charge is 0.490 e. The topological polar surface area (TPSA) is 155 Å². The first-order valence-corrected chi connectivity index (χ1v) is 14.3.